The minimum atomic E-state index is 0.202. The molecule has 1 atom stereocenters. The van der Waals surface area contributed by atoms with Crippen molar-refractivity contribution in [2.75, 3.05) is 0 Å². The van der Waals surface area contributed by atoms with Crippen LogP contribution in [0.1, 0.15) is 11.3 Å². The number of hydrogen-bond donors (Lipinski definition) is 2. The van der Waals surface area contributed by atoms with E-state index in [2.05, 4.69) is 22.8 Å². The topological polar surface area (TPSA) is 38.0 Å². The van der Waals surface area contributed by atoms with Crippen LogP contribution in [0.25, 0.3) is 0 Å². The molecule has 0 spiro atoms. The Labute approximate surface area is 76.8 Å². The van der Waals surface area contributed by atoms with Gasteiger partial charge in [0.25, 0.3) is 0 Å². The predicted octanol–water partition coefficient (Wildman–Crippen LogP) is 1.15. The van der Waals surface area contributed by atoms with Gasteiger partial charge in [-0.2, -0.15) is 0 Å². The Morgan fingerprint density at radius 3 is 3.08 bits per heavy atom. The Kier molecular flexibility index (Phi) is 3.81. The lowest BCUT2D eigenvalue weighted by Crippen LogP contribution is -2.36. The zero-order chi connectivity index (χ0) is 8.81. The van der Waals surface area contributed by atoms with E-state index in [-0.39, 0.29) is 6.04 Å². The second-order valence-corrected chi connectivity index (χ2v) is 3.59. The van der Waals surface area contributed by atoms with Crippen molar-refractivity contribution < 1.29 is 0 Å². The first kappa shape index (κ1) is 9.27. The fraction of sp³-hybridized carbons (Fsp3) is 0.333. The number of hydrazine groups is 1. The van der Waals surface area contributed by atoms with E-state index in [1.165, 1.54) is 4.88 Å². The lowest BCUT2D eigenvalue weighted by molar-refractivity contribution is 0.540. The third kappa shape index (κ3) is 2.67. The number of nitrogens with two attached hydrogens (primary N) is 1. The van der Waals surface area contributed by atoms with Crippen LogP contribution in [0.15, 0.2) is 17.5 Å². The van der Waals surface area contributed by atoms with Gasteiger partial charge in [-0.05, 0) is 17.9 Å². The van der Waals surface area contributed by atoms with Crippen LogP contribution >= 0.6 is 11.3 Å². The smallest absolute Gasteiger partial charge is 0.0368 e. The molecular weight excluding hydrogens is 168 g/mol. The standard InChI is InChI=1S/C9H12N2S/c1-2-4-8(11-10)7-9-5-3-6-12-9/h1,3,5-6,8,11H,4,7,10H2. The van der Waals surface area contributed by atoms with Gasteiger partial charge in [0.15, 0.2) is 0 Å². The molecule has 3 N–H and O–H groups in total. The van der Waals surface area contributed by atoms with E-state index in [0.29, 0.717) is 6.42 Å². The average Bonchev–Trinajstić information content (AvgIpc) is 2.56. The van der Waals surface area contributed by atoms with E-state index >= 15 is 0 Å². The number of terminal acetylenes is 1. The van der Waals surface area contributed by atoms with E-state index in [1.54, 1.807) is 11.3 Å². The van der Waals surface area contributed by atoms with Crippen molar-refractivity contribution in [3.63, 3.8) is 0 Å². The number of thiophene rings is 1. The van der Waals surface area contributed by atoms with Crippen LogP contribution in [-0.2, 0) is 6.42 Å². The summed E-state index contributed by atoms with van der Waals surface area (Å²) >= 11 is 1.73. The second-order valence-electron chi connectivity index (χ2n) is 2.56. The van der Waals surface area contributed by atoms with Gasteiger partial charge in [-0.1, -0.05) is 6.07 Å². The van der Waals surface area contributed by atoms with Crippen LogP contribution in [0.5, 0.6) is 0 Å². The van der Waals surface area contributed by atoms with Gasteiger partial charge in [-0.25, -0.2) is 0 Å². The first-order valence-corrected chi connectivity index (χ1v) is 4.66. The third-order valence-corrected chi connectivity index (χ3v) is 2.53. The molecule has 0 saturated heterocycles. The summed E-state index contributed by atoms with van der Waals surface area (Å²) in [6, 6.07) is 4.32. The molecule has 2 nitrogen and oxygen atoms in total. The quantitative estimate of drug-likeness (QED) is 0.414. The van der Waals surface area contributed by atoms with Gasteiger partial charge in [0.1, 0.15) is 0 Å². The van der Waals surface area contributed by atoms with Gasteiger partial charge < -0.3 is 0 Å². The summed E-state index contributed by atoms with van der Waals surface area (Å²) in [5, 5.41) is 2.05. The highest BCUT2D eigenvalue weighted by atomic mass is 32.1. The highest BCUT2D eigenvalue weighted by Crippen LogP contribution is 2.11. The minimum Gasteiger partial charge on any atom is -0.271 e. The van der Waals surface area contributed by atoms with Gasteiger partial charge in [0.2, 0.25) is 0 Å². The van der Waals surface area contributed by atoms with Gasteiger partial charge in [-0.15, -0.1) is 23.7 Å². The fourth-order valence-electron chi connectivity index (χ4n) is 1.00. The molecule has 0 saturated carbocycles. The molecule has 0 amide bonds. The van der Waals surface area contributed by atoms with Crippen molar-refractivity contribution in [2.24, 2.45) is 5.84 Å². The Morgan fingerprint density at radius 2 is 2.58 bits per heavy atom. The molecule has 3 heteroatoms. The Balaban J connectivity index is 2.44. The summed E-state index contributed by atoms with van der Waals surface area (Å²) in [5.41, 5.74) is 2.71. The first-order chi connectivity index (χ1) is 5.86. The van der Waals surface area contributed by atoms with Gasteiger partial charge in [0.05, 0.1) is 0 Å². The summed E-state index contributed by atoms with van der Waals surface area (Å²) in [6.45, 7) is 0. The zero-order valence-corrected chi connectivity index (χ0v) is 7.60. The van der Waals surface area contributed by atoms with Crippen LogP contribution in [-0.4, -0.2) is 6.04 Å². The maximum Gasteiger partial charge on any atom is 0.0368 e. The average molecular weight is 180 g/mol. The Hall–Kier alpha value is -0.820. The van der Waals surface area contributed by atoms with Crippen molar-refractivity contribution in [1.29, 1.82) is 0 Å². The van der Waals surface area contributed by atoms with E-state index in [1.807, 2.05) is 6.07 Å². The van der Waals surface area contributed by atoms with Crippen LogP contribution in [0.3, 0.4) is 0 Å². The van der Waals surface area contributed by atoms with Gasteiger partial charge >= 0.3 is 0 Å². The van der Waals surface area contributed by atoms with Crippen molar-refractivity contribution in [3.8, 4) is 12.3 Å². The third-order valence-electron chi connectivity index (χ3n) is 1.63. The second kappa shape index (κ2) is 4.94. The summed E-state index contributed by atoms with van der Waals surface area (Å²) in [4.78, 5) is 1.31. The molecule has 0 aliphatic heterocycles. The molecule has 0 aromatic carbocycles. The normalized spacial score (nSPS) is 12.3. The van der Waals surface area contributed by atoms with Crippen molar-refractivity contribution in [2.45, 2.75) is 18.9 Å². The molecule has 0 radical (unpaired) electrons. The number of hydrogen-bond acceptors (Lipinski definition) is 3. The molecule has 1 heterocycles. The van der Waals surface area contributed by atoms with Gasteiger partial charge in [0, 0.05) is 17.3 Å². The highest BCUT2D eigenvalue weighted by molar-refractivity contribution is 7.09. The highest BCUT2D eigenvalue weighted by Gasteiger charge is 2.05. The molecule has 1 aromatic rings. The van der Waals surface area contributed by atoms with Crippen LogP contribution in [0.4, 0.5) is 0 Å². The molecule has 0 aliphatic rings. The van der Waals surface area contributed by atoms with Gasteiger partial charge in [-0.3, -0.25) is 11.3 Å². The zero-order valence-electron chi connectivity index (χ0n) is 6.79. The molecule has 1 aromatic heterocycles. The molecule has 1 unspecified atom stereocenters. The maximum absolute atomic E-state index is 5.33. The van der Waals surface area contributed by atoms with Crippen LogP contribution in [0, 0.1) is 12.3 Å². The summed E-state index contributed by atoms with van der Waals surface area (Å²) in [7, 11) is 0. The molecule has 1 rings (SSSR count). The minimum absolute atomic E-state index is 0.202. The molecular formula is C9H12N2S. The molecule has 64 valence electrons. The number of rotatable bonds is 4. The number of nitrogens with one attached hydrogen (secondary N) is 1. The summed E-state index contributed by atoms with van der Waals surface area (Å²) in [5.74, 6) is 7.93. The fourth-order valence-corrected chi connectivity index (χ4v) is 1.79. The Morgan fingerprint density at radius 1 is 1.75 bits per heavy atom. The van der Waals surface area contributed by atoms with Crippen LogP contribution in [0.2, 0.25) is 0 Å². The largest absolute Gasteiger partial charge is 0.271 e. The van der Waals surface area contributed by atoms with E-state index in [0.717, 1.165) is 6.42 Å². The van der Waals surface area contributed by atoms with E-state index in [9.17, 15) is 0 Å². The summed E-state index contributed by atoms with van der Waals surface area (Å²) < 4.78 is 0. The summed E-state index contributed by atoms with van der Waals surface area (Å²) in [6.07, 6.45) is 6.78. The lowest BCUT2D eigenvalue weighted by atomic mass is 10.1. The Bertz CT molecular complexity index is 248. The van der Waals surface area contributed by atoms with Crippen molar-refractivity contribution in [3.05, 3.63) is 22.4 Å². The SMILES string of the molecule is C#CCC(Cc1cccs1)NN. The predicted molar refractivity (Wildman–Crippen MR) is 52.6 cm³/mol. The van der Waals surface area contributed by atoms with Crippen molar-refractivity contribution >= 4 is 11.3 Å². The monoisotopic (exact) mass is 180 g/mol. The molecule has 0 fully saturated rings. The van der Waals surface area contributed by atoms with Crippen molar-refractivity contribution in [1.82, 2.24) is 5.43 Å². The van der Waals surface area contributed by atoms with E-state index in [4.69, 9.17) is 12.3 Å². The maximum atomic E-state index is 5.33. The first-order valence-electron chi connectivity index (χ1n) is 3.78. The molecule has 0 aliphatic carbocycles. The molecule has 12 heavy (non-hydrogen) atoms. The van der Waals surface area contributed by atoms with Crippen LogP contribution < -0.4 is 11.3 Å². The van der Waals surface area contributed by atoms with E-state index < -0.39 is 0 Å². The molecule has 0 bridgehead atoms. The lowest BCUT2D eigenvalue weighted by Gasteiger charge is -2.10.